The first-order chi connectivity index (χ1) is 19.8. The summed E-state index contributed by atoms with van der Waals surface area (Å²) in [5, 5.41) is 14.1. The van der Waals surface area contributed by atoms with Gasteiger partial charge in [-0.3, -0.25) is 19.7 Å². The van der Waals surface area contributed by atoms with Crippen LogP contribution in [0, 0.1) is 10.1 Å². The summed E-state index contributed by atoms with van der Waals surface area (Å²) < 4.78 is 44.0. The number of carbonyl (C=O) groups excluding carboxylic acids is 3. The van der Waals surface area contributed by atoms with Crippen LogP contribution < -0.4 is 5.32 Å². The first kappa shape index (κ1) is 33.9. The van der Waals surface area contributed by atoms with Gasteiger partial charge in [-0.15, -0.1) is 0 Å². The number of ether oxygens (including phenoxy) is 3. The van der Waals surface area contributed by atoms with Crippen LogP contribution in [0.15, 0.2) is 72.1 Å². The van der Waals surface area contributed by atoms with E-state index in [1.807, 2.05) is 0 Å². The Morgan fingerprint density at radius 3 is 2.33 bits per heavy atom. The predicted molar refractivity (Wildman–Crippen MR) is 152 cm³/mol. The highest BCUT2D eigenvalue weighted by Crippen LogP contribution is 2.29. The molecule has 2 aromatic carbocycles. The van der Waals surface area contributed by atoms with Crippen LogP contribution in [0.2, 0.25) is 0 Å². The van der Waals surface area contributed by atoms with E-state index in [4.69, 9.17) is 14.2 Å². The third-order valence-electron chi connectivity index (χ3n) is 5.48. The second-order valence-corrected chi connectivity index (χ2v) is 11.7. The molecular formula is C28H35N3O10S. The quantitative estimate of drug-likeness (QED) is 0.104. The van der Waals surface area contributed by atoms with Crippen molar-refractivity contribution < 1.29 is 41.9 Å². The molecule has 0 radical (unpaired) electrons. The Bertz CT molecular complexity index is 1360. The maximum absolute atomic E-state index is 13.9. The number of benzene rings is 2. The van der Waals surface area contributed by atoms with Gasteiger partial charge in [0.15, 0.2) is 4.90 Å². The van der Waals surface area contributed by atoms with Crippen LogP contribution in [0.5, 0.6) is 0 Å². The van der Waals surface area contributed by atoms with Crippen LogP contribution in [0.4, 0.5) is 10.5 Å². The van der Waals surface area contributed by atoms with Crippen LogP contribution in [0.3, 0.4) is 0 Å². The Morgan fingerprint density at radius 2 is 1.71 bits per heavy atom. The number of para-hydroxylation sites is 1. The number of alkyl carbamates (subject to hydrolysis) is 1. The lowest BCUT2D eigenvalue weighted by molar-refractivity contribution is -0.387. The zero-order valence-corrected chi connectivity index (χ0v) is 24.5. The SMILES string of the molecule is C=CCOC(=O)[C@@H](CCC(=O)OCc1ccccc1)N(CCNC(=O)OC(C)(C)C)S(=O)(=O)c1ccccc1[N+](=O)[O-]. The van der Waals surface area contributed by atoms with Gasteiger partial charge in [0, 0.05) is 25.6 Å². The van der Waals surface area contributed by atoms with E-state index in [1.54, 1.807) is 51.1 Å². The monoisotopic (exact) mass is 605 g/mol. The van der Waals surface area contributed by atoms with E-state index < -0.39 is 61.7 Å². The maximum atomic E-state index is 13.9. The highest BCUT2D eigenvalue weighted by molar-refractivity contribution is 7.89. The third-order valence-corrected chi connectivity index (χ3v) is 7.43. The number of esters is 2. The van der Waals surface area contributed by atoms with Crippen LogP contribution in [0.25, 0.3) is 0 Å². The zero-order valence-electron chi connectivity index (χ0n) is 23.7. The van der Waals surface area contributed by atoms with Gasteiger partial charge in [-0.25, -0.2) is 13.2 Å². The van der Waals surface area contributed by atoms with Crippen molar-refractivity contribution in [3.05, 3.63) is 82.9 Å². The highest BCUT2D eigenvalue weighted by Gasteiger charge is 2.40. The van der Waals surface area contributed by atoms with Crippen molar-refractivity contribution in [2.24, 2.45) is 0 Å². The van der Waals surface area contributed by atoms with Gasteiger partial charge in [0.05, 0.1) is 4.92 Å². The molecule has 0 spiro atoms. The zero-order chi connectivity index (χ0) is 31.3. The van der Waals surface area contributed by atoms with Crippen LogP contribution in [-0.4, -0.2) is 67.0 Å². The van der Waals surface area contributed by atoms with Crippen LogP contribution >= 0.6 is 0 Å². The summed E-state index contributed by atoms with van der Waals surface area (Å²) in [6.45, 7) is 7.24. The molecule has 0 heterocycles. The summed E-state index contributed by atoms with van der Waals surface area (Å²) in [6.07, 6.45) is -0.340. The lowest BCUT2D eigenvalue weighted by Crippen LogP contribution is -2.49. The minimum atomic E-state index is -4.76. The molecule has 42 heavy (non-hydrogen) atoms. The second-order valence-electron chi connectivity index (χ2n) is 9.89. The number of carbonyl (C=O) groups is 3. The van der Waals surface area contributed by atoms with Crippen molar-refractivity contribution in [1.29, 1.82) is 0 Å². The Labute approximate surface area is 244 Å². The third kappa shape index (κ3) is 10.6. The van der Waals surface area contributed by atoms with E-state index >= 15 is 0 Å². The molecule has 0 aromatic heterocycles. The summed E-state index contributed by atoms with van der Waals surface area (Å²) in [4.78, 5) is 48.0. The Hall–Kier alpha value is -4.30. The number of amides is 1. The van der Waals surface area contributed by atoms with Gasteiger partial charge in [-0.05, 0) is 38.8 Å². The number of nitro groups is 1. The molecule has 0 unspecified atom stereocenters. The average molecular weight is 606 g/mol. The number of nitro benzene ring substituents is 1. The molecule has 1 amide bonds. The average Bonchev–Trinajstić information content (AvgIpc) is 2.93. The first-order valence-corrected chi connectivity index (χ1v) is 14.4. The summed E-state index contributed by atoms with van der Waals surface area (Å²) >= 11 is 0. The molecule has 228 valence electrons. The Balaban J connectivity index is 2.39. The molecule has 2 rings (SSSR count). The van der Waals surface area contributed by atoms with E-state index in [0.717, 1.165) is 17.7 Å². The standard InChI is InChI=1S/C28H35N3O10S/c1-5-19-39-26(33)23(15-16-25(32)40-20-21-11-7-6-8-12-21)30(18-17-29-27(34)41-28(2,3)4)42(37,38)24-14-10-9-13-22(24)31(35)36/h5-14,23H,1,15-20H2,2-4H3,(H,29,34)/t23-/m1/s1. The van der Waals surface area contributed by atoms with Gasteiger partial charge < -0.3 is 19.5 Å². The smallest absolute Gasteiger partial charge is 0.407 e. The molecule has 13 nitrogen and oxygen atoms in total. The van der Waals surface area contributed by atoms with Crippen molar-refractivity contribution in [2.75, 3.05) is 19.7 Å². The minimum absolute atomic E-state index is 0.0384. The van der Waals surface area contributed by atoms with Crippen LogP contribution in [0.1, 0.15) is 39.2 Å². The maximum Gasteiger partial charge on any atom is 0.407 e. The van der Waals surface area contributed by atoms with E-state index in [9.17, 15) is 32.9 Å². The van der Waals surface area contributed by atoms with E-state index in [2.05, 4.69) is 11.9 Å². The molecule has 2 aromatic rings. The van der Waals surface area contributed by atoms with E-state index in [0.29, 0.717) is 4.31 Å². The van der Waals surface area contributed by atoms with Gasteiger partial charge in [-0.2, -0.15) is 4.31 Å². The van der Waals surface area contributed by atoms with Gasteiger partial charge in [-0.1, -0.05) is 55.1 Å². The van der Waals surface area contributed by atoms with Gasteiger partial charge in [0.25, 0.3) is 15.7 Å². The molecule has 0 bridgehead atoms. The molecule has 0 aliphatic rings. The van der Waals surface area contributed by atoms with Crippen molar-refractivity contribution >= 4 is 33.7 Å². The van der Waals surface area contributed by atoms with Crippen molar-refractivity contribution in [3.63, 3.8) is 0 Å². The number of rotatable bonds is 15. The molecule has 14 heteroatoms. The molecule has 0 aliphatic carbocycles. The lowest BCUT2D eigenvalue weighted by atomic mass is 10.1. The molecular weight excluding hydrogens is 570 g/mol. The Morgan fingerprint density at radius 1 is 1.07 bits per heavy atom. The molecule has 0 aliphatic heterocycles. The lowest BCUT2D eigenvalue weighted by Gasteiger charge is -2.29. The van der Waals surface area contributed by atoms with Crippen molar-refractivity contribution in [2.45, 2.75) is 56.8 Å². The summed E-state index contributed by atoms with van der Waals surface area (Å²) in [5.41, 5.74) is -0.831. The topological polar surface area (TPSA) is 171 Å². The number of nitrogens with zero attached hydrogens (tertiary/aromatic N) is 2. The number of hydrogen-bond acceptors (Lipinski definition) is 10. The fourth-order valence-corrected chi connectivity index (χ4v) is 5.43. The fourth-order valence-electron chi connectivity index (χ4n) is 3.66. The molecule has 1 atom stereocenters. The van der Waals surface area contributed by atoms with E-state index in [1.165, 1.54) is 18.2 Å². The summed E-state index contributed by atoms with van der Waals surface area (Å²) in [5.74, 6) is -1.74. The van der Waals surface area contributed by atoms with Gasteiger partial charge >= 0.3 is 18.0 Å². The molecule has 0 fully saturated rings. The molecule has 0 saturated carbocycles. The van der Waals surface area contributed by atoms with Crippen molar-refractivity contribution in [1.82, 2.24) is 9.62 Å². The summed E-state index contributed by atoms with van der Waals surface area (Å²) in [6, 6.07) is 11.9. The fraction of sp³-hybridized carbons (Fsp3) is 0.393. The Kier molecular flexibility index (Phi) is 12.6. The number of sulfonamides is 1. The minimum Gasteiger partial charge on any atom is -0.461 e. The normalized spacial score (nSPS) is 12.2. The van der Waals surface area contributed by atoms with Gasteiger partial charge in [0.2, 0.25) is 0 Å². The van der Waals surface area contributed by atoms with Gasteiger partial charge in [0.1, 0.15) is 24.9 Å². The van der Waals surface area contributed by atoms with Crippen LogP contribution in [-0.2, 0) is 40.4 Å². The largest absolute Gasteiger partial charge is 0.461 e. The predicted octanol–water partition coefficient (Wildman–Crippen LogP) is 3.73. The first-order valence-electron chi connectivity index (χ1n) is 13.0. The van der Waals surface area contributed by atoms with E-state index in [-0.39, 0.29) is 32.6 Å². The highest BCUT2D eigenvalue weighted by atomic mass is 32.2. The summed E-state index contributed by atoms with van der Waals surface area (Å²) in [7, 11) is -4.76. The molecule has 1 N–H and O–H groups in total. The number of nitrogens with one attached hydrogen (secondary N) is 1. The van der Waals surface area contributed by atoms with Crippen molar-refractivity contribution in [3.8, 4) is 0 Å². The number of hydrogen-bond donors (Lipinski definition) is 1. The molecule has 0 saturated heterocycles. The second kappa shape index (κ2) is 15.6.